The van der Waals surface area contributed by atoms with Gasteiger partial charge in [0, 0.05) is 24.9 Å². The van der Waals surface area contributed by atoms with E-state index in [9.17, 15) is 4.39 Å². The van der Waals surface area contributed by atoms with E-state index in [2.05, 4.69) is 14.9 Å². The summed E-state index contributed by atoms with van der Waals surface area (Å²) in [6.45, 7) is 2.15. The summed E-state index contributed by atoms with van der Waals surface area (Å²) in [5.41, 5.74) is 0.970. The summed E-state index contributed by atoms with van der Waals surface area (Å²) in [6, 6.07) is 8.75. The van der Waals surface area contributed by atoms with Gasteiger partial charge < -0.3 is 4.90 Å². The van der Waals surface area contributed by atoms with Gasteiger partial charge in [-0.05, 0) is 37.0 Å². The molecule has 0 bridgehead atoms. The molecule has 2 heterocycles. The molecule has 3 rings (SSSR count). The van der Waals surface area contributed by atoms with Crippen LogP contribution in [-0.2, 0) is 5.75 Å². The first-order valence-electron chi connectivity index (χ1n) is 7.25. The summed E-state index contributed by atoms with van der Waals surface area (Å²) in [6.07, 6.45) is 5.39. The van der Waals surface area contributed by atoms with Gasteiger partial charge in [-0.3, -0.25) is 0 Å². The first kappa shape index (κ1) is 14.3. The molecule has 1 fully saturated rings. The monoisotopic (exact) mass is 303 g/mol. The Balaban J connectivity index is 1.65. The molecule has 1 aromatic carbocycles. The van der Waals surface area contributed by atoms with Gasteiger partial charge in [-0.25, -0.2) is 14.4 Å². The van der Waals surface area contributed by atoms with Gasteiger partial charge in [0.15, 0.2) is 0 Å². The summed E-state index contributed by atoms with van der Waals surface area (Å²) in [5, 5.41) is 0.940. The predicted molar refractivity (Wildman–Crippen MR) is 84.1 cm³/mol. The van der Waals surface area contributed by atoms with Gasteiger partial charge in [-0.15, -0.1) is 11.8 Å². The maximum absolute atomic E-state index is 13.2. The van der Waals surface area contributed by atoms with Gasteiger partial charge >= 0.3 is 0 Å². The molecule has 1 aliphatic rings. The Hall–Kier alpha value is -1.62. The molecule has 0 unspecified atom stereocenters. The third kappa shape index (κ3) is 3.94. The zero-order valence-corrected chi connectivity index (χ0v) is 12.7. The molecule has 2 aromatic rings. The minimum absolute atomic E-state index is 0.190. The van der Waals surface area contributed by atoms with Crippen LogP contribution < -0.4 is 4.90 Å². The largest absolute Gasteiger partial charge is 0.356 e. The van der Waals surface area contributed by atoms with E-state index in [1.165, 1.54) is 25.3 Å². The number of halogens is 1. The molecule has 110 valence electrons. The van der Waals surface area contributed by atoms with Gasteiger partial charge in [0.25, 0.3) is 0 Å². The number of thioether (sulfide) groups is 1. The van der Waals surface area contributed by atoms with Crippen molar-refractivity contribution < 1.29 is 4.39 Å². The van der Waals surface area contributed by atoms with Crippen LogP contribution in [0.2, 0.25) is 0 Å². The number of rotatable bonds is 4. The Morgan fingerprint density at radius 2 is 1.95 bits per heavy atom. The van der Waals surface area contributed by atoms with Gasteiger partial charge in [0.05, 0.1) is 0 Å². The maximum Gasteiger partial charge on any atom is 0.133 e. The maximum atomic E-state index is 13.2. The highest BCUT2D eigenvalue weighted by Gasteiger charge is 2.12. The van der Waals surface area contributed by atoms with Crippen LogP contribution in [0, 0.1) is 5.82 Å². The number of nitrogens with zero attached hydrogens (tertiary/aromatic N) is 3. The molecule has 0 saturated carbocycles. The summed E-state index contributed by atoms with van der Waals surface area (Å²) in [7, 11) is 0. The summed E-state index contributed by atoms with van der Waals surface area (Å²) in [5.74, 6) is 1.53. The van der Waals surface area contributed by atoms with Crippen LogP contribution in [0.25, 0.3) is 0 Å². The Morgan fingerprint density at radius 3 is 2.76 bits per heavy atom. The van der Waals surface area contributed by atoms with Crippen molar-refractivity contribution in [2.75, 3.05) is 18.0 Å². The molecule has 0 spiro atoms. The van der Waals surface area contributed by atoms with Crippen LogP contribution in [-0.4, -0.2) is 23.1 Å². The summed E-state index contributed by atoms with van der Waals surface area (Å²) in [4.78, 5) is 11.0. The number of benzene rings is 1. The minimum atomic E-state index is -0.190. The number of aromatic nitrogens is 2. The smallest absolute Gasteiger partial charge is 0.133 e. The Bertz CT molecular complexity index is 600. The highest BCUT2D eigenvalue weighted by molar-refractivity contribution is 7.98. The second-order valence-corrected chi connectivity index (χ2v) is 6.18. The molecular formula is C16H18FN3S. The molecule has 1 saturated heterocycles. The van der Waals surface area contributed by atoms with E-state index < -0.39 is 0 Å². The van der Waals surface area contributed by atoms with Crippen molar-refractivity contribution in [1.82, 2.24) is 9.97 Å². The standard InChI is InChI=1S/C16H18FN3S/c17-14-6-4-5-13(9-14)11-21-16-10-15(18-12-19-16)20-7-2-1-3-8-20/h4-6,9-10,12H,1-3,7-8,11H2. The van der Waals surface area contributed by atoms with Crippen LogP contribution in [0.15, 0.2) is 41.7 Å². The van der Waals surface area contributed by atoms with Crippen molar-refractivity contribution >= 4 is 17.6 Å². The Labute approximate surface area is 128 Å². The third-order valence-corrected chi connectivity index (χ3v) is 4.58. The lowest BCUT2D eigenvalue weighted by atomic mass is 10.1. The van der Waals surface area contributed by atoms with E-state index in [-0.39, 0.29) is 5.82 Å². The molecule has 5 heteroatoms. The van der Waals surface area contributed by atoms with Gasteiger partial charge in [0.2, 0.25) is 0 Å². The SMILES string of the molecule is Fc1cccc(CSc2cc(N3CCCCC3)ncn2)c1. The fourth-order valence-electron chi connectivity index (χ4n) is 2.49. The zero-order chi connectivity index (χ0) is 14.5. The molecule has 0 radical (unpaired) electrons. The molecule has 1 aromatic heterocycles. The van der Waals surface area contributed by atoms with Crippen LogP contribution in [0.3, 0.4) is 0 Å². The highest BCUT2D eigenvalue weighted by atomic mass is 32.2. The molecule has 0 N–H and O–H groups in total. The van der Waals surface area contributed by atoms with Crippen molar-refractivity contribution in [3.63, 3.8) is 0 Å². The normalized spacial score (nSPS) is 15.2. The minimum Gasteiger partial charge on any atom is -0.356 e. The fraction of sp³-hybridized carbons (Fsp3) is 0.375. The third-order valence-electron chi connectivity index (χ3n) is 3.58. The predicted octanol–water partition coefficient (Wildman–Crippen LogP) is 3.90. The first-order valence-corrected chi connectivity index (χ1v) is 8.24. The quantitative estimate of drug-likeness (QED) is 0.633. The summed E-state index contributed by atoms with van der Waals surface area (Å²) >= 11 is 1.62. The van der Waals surface area contributed by atoms with Crippen LogP contribution in [0.1, 0.15) is 24.8 Å². The second kappa shape index (κ2) is 6.89. The van der Waals surface area contributed by atoms with E-state index in [0.29, 0.717) is 5.75 Å². The highest BCUT2D eigenvalue weighted by Crippen LogP contribution is 2.25. The molecule has 21 heavy (non-hydrogen) atoms. The fourth-order valence-corrected chi connectivity index (χ4v) is 3.29. The summed E-state index contributed by atoms with van der Waals surface area (Å²) < 4.78 is 13.2. The molecule has 0 amide bonds. The van der Waals surface area contributed by atoms with E-state index >= 15 is 0 Å². The van der Waals surface area contributed by atoms with Crippen LogP contribution >= 0.6 is 11.8 Å². The Kier molecular flexibility index (Phi) is 4.70. The number of hydrogen-bond acceptors (Lipinski definition) is 4. The van der Waals surface area contributed by atoms with Gasteiger partial charge in [-0.2, -0.15) is 0 Å². The van der Waals surface area contributed by atoms with Crippen molar-refractivity contribution in [3.8, 4) is 0 Å². The number of piperidine rings is 1. The van der Waals surface area contributed by atoms with Gasteiger partial charge in [-0.1, -0.05) is 12.1 Å². The Morgan fingerprint density at radius 1 is 1.10 bits per heavy atom. The first-order chi connectivity index (χ1) is 10.3. The number of anilines is 1. The average Bonchev–Trinajstić information content (AvgIpc) is 2.54. The molecule has 1 aliphatic heterocycles. The van der Waals surface area contributed by atoms with Crippen LogP contribution in [0.5, 0.6) is 0 Å². The van der Waals surface area contributed by atoms with Gasteiger partial charge in [0.1, 0.15) is 23.0 Å². The van der Waals surface area contributed by atoms with Crippen molar-refractivity contribution in [2.45, 2.75) is 30.0 Å². The molecule has 3 nitrogen and oxygen atoms in total. The second-order valence-electron chi connectivity index (χ2n) is 5.18. The lowest BCUT2D eigenvalue weighted by Gasteiger charge is -2.27. The van der Waals surface area contributed by atoms with E-state index in [1.807, 2.05) is 12.1 Å². The van der Waals surface area contributed by atoms with E-state index in [1.54, 1.807) is 30.2 Å². The molecule has 0 atom stereocenters. The lowest BCUT2D eigenvalue weighted by molar-refractivity contribution is 0.572. The van der Waals surface area contributed by atoms with E-state index in [4.69, 9.17) is 0 Å². The molecular weight excluding hydrogens is 285 g/mol. The topological polar surface area (TPSA) is 29.0 Å². The molecule has 0 aliphatic carbocycles. The van der Waals surface area contributed by atoms with Crippen molar-refractivity contribution in [1.29, 1.82) is 0 Å². The van der Waals surface area contributed by atoms with Crippen molar-refractivity contribution in [3.05, 3.63) is 48.0 Å². The average molecular weight is 303 g/mol. The van der Waals surface area contributed by atoms with E-state index in [0.717, 1.165) is 29.5 Å². The zero-order valence-electron chi connectivity index (χ0n) is 11.8. The number of hydrogen-bond donors (Lipinski definition) is 0. The van der Waals surface area contributed by atoms with Crippen molar-refractivity contribution in [2.24, 2.45) is 0 Å². The van der Waals surface area contributed by atoms with Crippen LogP contribution in [0.4, 0.5) is 10.2 Å². The lowest BCUT2D eigenvalue weighted by Crippen LogP contribution is -2.30.